The van der Waals surface area contributed by atoms with Crippen LogP contribution in [-0.2, 0) is 9.53 Å². The van der Waals surface area contributed by atoms with Crippen molar-refractivity contribution in [3.63, 3.8) is 0 Å². The number of amides is 2. The van der Waals surface area contributed by atoms with Crippen molar-refractivity contribution in [3.05, 3.63) is 70.2 Å². The third-order valence-electron chi connectivity index (χ3n) is 5.80. The third-order valence-corrected chi connectivity index (χ3v) is 6.86. The third kappa shape index (κ3) is 4.31. The van der Waals surface area contributed by atoms with Crippen LogP contribution in [0.5, 0.6) is 0 Å². The fourth-order valence-corrected chi connectivity index (χ4v) is 4.81. The molecule has 0 aliphatic heterocycles. The molecule has 1 aromatic heterocycles. The number of nitrogens with one attached hydrogen (secondary N) is 1. The van der Waals surface area contributed by atoms with Gasteiger partial charge in [-0.25, -0.2) is 14.6 Å². The lowest BCUT2D eigenvalue weighted by Crippen LogP contribution is -2.40. The van der Waals surface area contributed by atoms with Crippen LogP contribution in [0.4, 0.5) is 9.93 Å². The molecular formula is C24H23N3O5S. The van der Waals surface area contributed by atoms with Crippen molar-refractivity contribution in [2.45, 2.75) is 25.8 Å². The molecule has 0 fully saturated rings. The molecule has 33 heavy (non-hydrogen) atoms. The van der Waals surface area contributed by atoms with Crippen molar-refractivity contribution in [1.82, 2.24) is 9.88 Å². The number of fused-ring (bicyclic) bond motifs is 3. The van der Waals surface area contributed by atoms with Gasteiger partial charge in [0, 0.05) is 13.0 Å². The number of hydrogen-bond acceptors (Lipinski definition) is 6. The van der Waals surface area contributed by atoms with Gasteiger partial charge in [0.05, 0.1) is 5.69 Å². The number of rotatable bonds is 6. The Balaban J connectivity index is 1.43. The molecule has 0 radical (unpaired) electrons. The Hall–Kier alpha value is -3.72. The average molecular weight is 466 g/mol. The number of nitrogens with zero attached hydrogens (tertiary/aromatic N) is 2. The molecule has 2 aromatic carbocycles. The van der Waals surface area contributed by atoms with E-state index in [1.807, 2.05) is 36.4 Å². The monoisotopic (exact) mass is 465 g/mol. The number of ether oxygens (including phenoxy) is 1. The number of thiazole rings is 1. The standard InChI is InChI=1S/C24H23N3O5S/c1-13-20(21(28)27(3)14(2)22(29)30)33-23(25-13)26-24(31)32-12-19-17-10-6-4-8-15(17)16-9-5-7-11-18(16)19/h4-11,14,19H,12H2,1-3H3,(H,29,30)(H,25,26,31)/t14-/m0/s1. The summed E-state index contributed by atoms with van der Waals surface area (Å²) in [5.41, 5.74) is 4.91. The van der Waals surface area contributed by atoms with E-state index in [1.54, 1.807) is 6.92 Å². The lowest BCUT2D eigenvalue weighted by atomic mass is 9.98. The van der Waals surface area contributed by atoms with Crippen LogP contribution in [0.1, 0.15) is 39.3 Å². The number of carbonyl (C=O) groups is 3. The van der Waals surface area contributed by atoms with Crippen molar-refractivity contribution < 1.29 is 24.2 Å². The fraction of sp³-hybridized carbons (Fsp3) is 0.250. The minimum absolute atomic E-state index is 0.0653. The van der Waals surface area contributed by atoms with Crippen LogP contribution in [0.2, 0.25) is 0 Å². The number of benzene rings is 2. The molecule has 0 unspecified atom stereocenters. The van der Waals surface area contributed by atoms with Crippen LogP contribution in [0.25, 0.3) is 11.1 Å². The molecule has 8 nitrogen and oxygen atoms in total. The largest absolute Gasteiger partial charge is 0.480 e. The first kappa shape index (κ1) is 22.5. The quantitative estimate of drug-likeness (QED) is 0.560. The first-order valence-electron chi connectivity index (χ1n) is 10.4. The van der Waals surface area contributed by atoms with Gasteiger partial charge < -0.3 is 14.7 Å². The first-order chi connectivity index (χ1) is 15.8. The minimum atomic E-state index is -1.11. The summed E-state index contributed by atoms with van der Waals surface area (Å²) in [6, 6.07) is 15.1. The van der Waals surface area contributed by atoms with Crippen LogP contribution in [-0.4, -0.2) is 52.7 Å². The SMILES string of the molecule is Cc1nc(NC(=O)OCC2c3ccccc3-c3ccccc32)sc1C(=O)N(C)[C@@H](C)C(=O)O. The van der Waals surface area contributed by atoms with E-state index in [4.69, 9.17) is 9.84 Å². The van der Waals surface area contributed by atoms with Gasteiger partial charge in [0.1, 0.15) is 17.5 Å². The molecule has 9 heteroatoms. The summed E-state index contributed by atoms with van der Waals surface area (Å²) in [5.74, 6) is -1.64. The number of hydrogen-bond donors (Lipinski definition) is 2. The van der Waals surface area contributed by atoms with Gasteiger partial charge in [-0.05, 0) is 36.1 Å². The Labute approximate surface area is 194 Å². The van der Waals surface area contributed by atoms with Crippen LogP contribution in [0, 0.1) is 6.92 Å². The molecule has 2 N–H and O–H groups in total. The molecule has 170 valence electrons. The van der Waals surface area contributed by atoms with Gasteiger partial charge in [0.15, 0.2) is 5.13 Å². The molecule has 0 spiro atoms. The highest BCUT2D eigenvalue weighted by Gasteiger charge is 2.30. The summed E-state index contributed by atoms with van der Waals surface area (Å²) in [6.45, 7) is 3.22. The summed E-state index contributed by atoms with van der Waals surface area (Å²) < 4.78 is 5.51. The fourth-order valence-electron chi connectivity index (χ4n) is 3.87. The maximum absolute atomic E-state index is 12.6. The number of anilines is 1. The molecule has 0 saturated carbocycles. The first-order valence-corrected chi connectivity index (χ1v) is 11.2. The van der Waals surface area contributed by atoms with Gasteiger partial charge in [-0.15, -0.1) is 0 Å². The van der Waals surface area contributed by atoms with Crippen LogP contribution >= 0.6 is 11.3 Å². The van der Waals surface area contributed by atoms with E-state index in [2.05, 4.69) is 22.4 Å². The summed E-state index contributed by atoms with van der Waals surface area (Å²) in [6.07, 6.45) is -0.670. The molecule has 4 rings (SSSR count). The summed E-state index contributed by atoms with van der Waals surface area (Å²) >= 11 is 0.981. The highest BCUT2D eigenvalue weighted by atomic mass is 32.1. The Morgan fingerprint density at radius 3 is 2.27 bits per heavy atom. The molecule has 1 heterocycles. The van der Waals surface area contributed by atoms with Crippen LogP contribution in [0.3, 0.4) is 0 Å². The van der Waals surface area contributed by atoms with Crippen molar-refractivity contribution in [1.29, 1.82) is 0 Å². The number of likely N-dealkylation sites (N-methyl/N-ethyl adjacent to an activating group) is 1. The van der Waals surface area contributed by atoms with E-state index in [-0.39, 0.29) is 22.5 Å². The van der Waals surface area contributed by atoms with Crippen LogP contribution in [0.15, 0.2) is 48.5 Å². The van der Waals surface area contributed by atoms with E-state index in [9.17, 15) is 14.4 Å². The van der Waals surface area contributed by atoms with Gasteiger partial charge in [-0.2, -0.15) is 0 Å². The Kier molecular flexibility index (Phi) is 6.15. The molecule has 1 atom stereocenters. The number of carbonyl (C=O) groups excluding carboxylic acids is 2. The predicted octanol–water partition coefficient (Wildman–Crippen LogP) is 4.36. The van der Waals surface area contributed by atoms with E-state index >= 15 is 0 Å². The molecule has 2 amide bonds. The molecule has 1 aliphatic rings. The van der Waals surface area contributed by atoms with E-state index in [0.29, 0.717) is 5.69 Å². The van der Waals surface area contributed by atoms with Gasteiger partial charge in [-0.3, -0.25) is 10.1 Å². The van der Waals surface area contributed by atoms with Crippen LogP contribution < -0.4 is 5.32 Å². The van der Waals surface area contributed by atoms with Gasteiger partial charge in [0.2, 0.25) is 0 Å². The lowest BCUT2D eigenvalue weighted by Gasteiger charge is -2.20. The number of aliphatic carboxylic acids is 1. The Bertz CT molecular complexity index is 1190. The summed E-state index contributed by atoms with van der Waals surface area (Å²) in [4.78, 5) is 41.9. The van der Waals surface area contributed by atoms with Gasteiger partial charge >= 0.3 is 12.1 Å². The number of carboxylic acid groups (broad SMARTS) is 1. The summed E-state index contributed by atoms with van der Waals surface area (Å²) in [5, 5.41) is 11.9. The number of aromatic nitrogens is 1. The Morgan fingerprint density at radius 1 is 1.12 bits per heavy atom. The molecule has 0 saturated heterocycles. The zero-order valence-electron chi connectivity index (χ0n) is 18.4. The molecule has 3 aromatic rings. The minimum Gasteiger partial charge on any atom is -0.480 e. The maximum Gasteiger partial charge on any atom is 0.413 e. The highest BCUT2D eigenvalue weighted by Crippen LogP contribution is 2.44. The van der Waals surface area contributed by atoms with Gasteiger partial charge in [0.25, 0.3) is 5.91 Å². The van der Waals surface area contributed by atoms with Crippen molar-refractivity contribution in [2.75, 3.05) is 19.0 Å². The van der Waals surface area contributed by atoms with E-state index < -0.39 is 24.0 Å². The molecule has 0 bridgehead atoms. The van der Waals surface area contributed by atoms with E-state index in [0.717, 1.165) is 38.5 Å². The second-order valence-electron chi connectivity index (χ2n) is 7.81. The molecular weight excluding hydrogens is 442 g/mol. The molecule has 1 aliphatic carbocycles. The summed E-state index contributed by atoms with van der Waals surface area (Å²) in [7, 11) is 1.42. The Morgan fingerprint density at radius 2 is 1.70 bits per heavy atom. The van der Waals surface area contributed by atoms with Crippen molar-refractivity contribution in [2.24, 2.45) is 0 Å². The average Bonchev–Trinajstić information content (AvgIpc) is 3.33. The number of carboxylic acids is 1. The maximum atomic E-state index is 12.6. The van der Waals surface area contributed by atoms with E-state index in [1.165, 1.54) is 14.0 Å². The zero-order chi connectivity index (χ0) is 23.7. The highest BCUT2D eigenvalue weighted by molar-refractivity contribution is 7.17. The lowest BCUT2D eigenvalue weighted by molar-refractivity contribution is -0.141. The second kappa shape index (κ2) is 9.03. The normalized spacial score (nSPS) is 13.1. The second-order valence-corrected chi connectivity index (χ2v) is 8.81. The van der Waals surface area contributed by atoms with Gasteiger partial charge in [-0.1, -0.05) is 59.9 Å². The topological polar surface area (TPSA) is 109 Å². The smallest absolute Gasteiger partial charge is 0.413 e. The predicted molar refractivity (Wildman–Crippen MR) is 125 cm³/mol. The van der Waals surface area contributed by atoms with Crippen molar-refractivity contribution >= 4 is 34.4 Å². The zero-order valence-corrected chi connectivity index (χ0v) is 19.2. The number of aryl methyl sites for hydroxylation is 1. The van der Waals surface area contributed by atoms with Crippen molar-refractivity contribution in [3.8, 4) is 11.1 Å².